The molecule has 0 aliphatic heterocycles. The molecular formula is C18H21N3O2S. The summed E-state index contributed by atoms with van der Waals surface area (Å²) < 4.78 is 0. The van der Waals surface area contributed by atoms with Crippen molar-refractivity contribution >= 4 is 29.4 Å². The monoisotopic (exact) mass is 343 g/mol. The SMILES string of the molecule is CCCNC(=O)NC(=O)CNc1ccccc1Sc1ccccc1. The third-order valence-corrected chi connectivity index (χ3v) is 4.17. The van der Waals surface area contributed by atoms with Crippen molar-refractivity contribution in [2.45, 2.75) is 23.1 Å². The highest BCUT2D eigenvalue weighted by atomic mass is 32.2. The fourth-order valence-electron chi connectivity index (χ4n) is 1.95. The molecule has 3 N–H and O–H groups in total. The summed E-state index contributed by atoms with van der Waals surface area (Å²) in [5, 5.41) is 7.98. The zero-order valence-electron chi connectivity index (χ0n) is 13.5. The number of hydrogen-bond donors (Lipinski definition) is 3. The van der Waals surface area contributed by atoms with Crippen LogP contribution < -0.4 is 16.0 Å². The Morgan fingerprint density at radius 3 is 2.46 bits per heavy atom. The summed E-state index contributed by atoms with van der Waals surface area (Å²) in [5.74, 6) is -0.372. The number of benzene rings is 2. The molecule has 0 atom stereocenters. The van der Waals surface area contributed by atoms with Crippen LogP contribution in [0.2, 0.25) is 0 Å². The Morgan fingerprint density at radius 1 is 1.00 bits per heavy atom. The standard InChI is InChI=1S/C18H21N3O2S/c1-2-12-19-18(23)21-17(22)13-20-15-10-6-7-11-16(15)24-14-8-4-3-5-9-14/h3-11,20H,2,12-13H2,1H3,(H2,19,21,22,23). The molecule has 2 rings (SSSR count). The number of carbonyl (C=O) groups is 2. The average Bonchev–Trinajstić information content (AvgIpc) is 2.60. The Morgan fingerprint density at radius 2 is 1.71 bits per heavy atom. The van der Waals surface area contributed by atoms with Crippen LogP contribution in [-0.4, -0.2) is 25.0 Å². The second-order valence-corrected chi connectivity index (χ2v) is 6.18. The van der Waals surface area contributed by atoms with Crippen LogP contribution in [0.1, 0.15) is 13.3 Å². The van der Waals surface area contributed by atoms with Gasteiger partial charge in [0.15, 0.2) is 0 Å². The van der Waals surface area contributed by atoms with Crippen LogP contribution in [0.5, 0.6) is 0 Å². The number of imide groups is 1. The number of hydrogen-bond acceptors (Lipinski definition) is 4. The minimum atomic E-state index is -0.462. The van der Waals surface area contributed by atoms with Gasteiger partial charge in [-0.3, -0.25) is 10.1 Å². The van der Waals surface area contributed by atoms with Crippen molar-refractivity contribution in [2.24, 2.45) is 0 Å². The molecule has 3 amide bonds. The van der Waals surface area contributed by atoms with E-state index >= 15 is 0 Å². The largest absolute Gasteiger partial charge is 0.375 e. The second kappa shape index (κ2) is 9.62. The van der Waals surface area contributed by atoms with Gasteiger partial charge in [0.1, 0.15) is 0 Å². The van der Waals surface area contributed by atoms with Gasteiger partial charge in [-0.25, -0.2) is 4.79 Å². The molecule has 126 valence electrons. The first-order valence-electron chi connectivity index (χ1n) is 7.82. The molecule has 0 aliphatic rings. The van der Waals surface area contributed by atoms with Gasteiger partial charge in [-0.05, 0) is 30.7 Å². The maximum Gasteiger partial charge on any atom is 0.321 e. The summed E-state index contributed by atoms with van der Waals surface area (Å²) in [7, 11) is 0. The van der Waals surface area contributed by atoms with E-state index in [4.69, 9.17) is 0 Å². The van der Waals surface area contributed by atoms with E-state index in [1.165, 1.54) is 0 Å². The molecular weight excluding hydrogens is 322 g/mol. The molecule has 0 bridgehead atoms. The maximum absolute atomic E-state index is 11.8. The van der Waals surface area contributed by atoms with Crippen LogP contribution in [-0.2, 0) is 4.79 Å². The van der Waals surface area contributed by atoms with Crippen molar-refractivity contribution in [2.75, 3.05) is 18.4 Å². The van der Waals surface area contributed by atoms with Gasteiger partial charge in [0.2, 0.25) is 5.91 Å². The van der Waals surface area contributed by atoms with E-state index in [1.54, 1.807) is 11.8 Å². The Balaban J connectivity index is 1.91. The zero-order valence-corrected chi connectivity index (χ0v) is 14.4. The molecule has 0 saturated heterocycles. The summed E-state index contributed by atoms with van der Waals surface area (Å²) in [4.78, 5) is 25.4. The predicted octanol–water partition coefficient (Wildman–Crippen LogP) is 3.49. The molecule has 24 heavy (non-hydrogen) atoms. The molecule has 0 saturated carbocycles. The van der Waals surface area contributed by atoms with Crippen molar-refractivity contribution in [1.82, 2.24) is 10.6 Å². The lowest BCUT2D eigenvalue weighted by atomic mass is 10.3. The number of para-hydroxylation sites is 1. The van der Waals surface area contributed by atoms with Crippen molar-refractivity contribution in [3.05, 3.63) is 54.6 Å². The molecule has 0 heterocycles. The molecule has 0 unspecified atom stereocenters. The van der Waals surface area contributed by atoms with Crippen LogP contribution in [0.3, 0.4) is 0 Å². The highest BCUT2D eigenvalue weighted by molar-refractivity contribution is 7.99. The normalized spacial score (nSPS) is 10.0. The summed E-state index contributed by atoms with van der Waals surface area (Å²) >= 11 is 1.62. The zero-order chi connectivity index (χ0) is 17.2. The Hall–Kier alpha value is -2.47. The lowest BCUT2D eigenvalue weighted by Gasteiger charge is -2.12. The van der Waals surface area contributed by atoms with E-state index in [1.807, 2.05) is 61.5 Å². The number of nitrogens with one attached hydrogen (secondary N) is 3. The van der Waals surface area contributed by atoms with Crippen molar-refractivity contribution < 1.29 is 9.59 Å². The molecule has 2 aromatic rings. The van der Waals surface area contributed by atoms with Crippen LogP contribution in [0.15, 0.2) is 64.4 Å². The fraction of sp³-hybridized carbons (Fsp3) is 0.222. The smallest absolute Gasteiger partial charge is 0.321 e. The minimum Gasteiger partial charge on any atom is -0.375 e. The number of carbonyl (C=O) groups excluding carboxylic acids is 2. The lowest BCUT2D eigenvalue weighted by Crippen LogP contribution is -2.42. The number of anilines is 1. The summed E-state index contributed by atoms with van der Waals surface area (Å²) in [6.07, 6.45) is 0.823. The molecule has 5 nitrogen and oxygen atoms in total. The second-order valence-electron chi connectivity index (χ2n) is 5.07. The highest BCUT2D eigenvalue weighted by Crippen LogP contribution is 2.32. The van der Waals surface area contributed by atoms with E-state index in [-0.39, 0.29) is 12.5 Å². The van der Waals surface area contributed by atoms with E-state index in [9.17, 15) is 9.59 Å². The molecule has 0 spiro atoms. The third-order valence-electron chi connectivity index (χ3n) is 3.09. The van der Waals surface area contributed by atoms with E-state index in [2.05, 4.69) is 16.0 Å². The first-order chi connectivity index (χ1) is 11.7. The first-order valence-corrected chi connectivity index (χ1v) is 8.64. The Kier molecular flexibility index (Phi) is 7.17. The third kappa shape index (κ3) is 5.96. The van der Waals surface area contributed by atoms with Gasteiger partial charge in [-0.2, -0.15) is 0 Å². The molecule has 0 aromatic heterocycles. The van der Waals surface area contributed by atoms with Gasteiger partial charge in [0, 0.05) is 22.0 Å². The quantitative estimate of drug-likeness (QED) is 0.720. The summed E-state index contributed by atoms with van der Waals surface area (Å²) in [5.41, 5.74) is 0.857. The van der Waals surface area contributed by atoms with Crippen molar-refractivity contribution in [3.63, 3.8) is 0 Å². The number of rotatable bonds is 7. The van der Waals surface area contributed by atoms with Gasteiger partial charge in [0.25, 0.3) is 0 Å². The number of amides is 3. The van der Waals surface area contributed by atoms with Crippen LogP contribution in [0.4, 0.5) is 10.5 Å². The van der Waals surface area contributed by atoms with Gasteiger partial charge < -0.3 is 10.6 Å². The minimum absolute atomic E-state index is 0.0336. The van der Waals surface area contributed by atoms with Crippen LogP contribution in [0.25, 0.3) is 0 Å². The molecule has 0 radical (unpaired) electrons. The van der Waals surface area contributed by atoms with Gasteiger partial charge >= 0.3 is 6.03 Å². The molecule has 6 heteroatoms. The van der Waals surface area contributed by atoms with Gasteiger partial charge in [-0.1, -0.05) is 49.0 Å². The highest BCUT2D eigenvalue weighted by Gasteiger charge is 2.08. The summed E-state index contributed by atoms with van der Waals surface area (Å²) in [6, 6.07) is 17.3. The predicted molar refractivity (Wildman–Crippen MR) is 97.3 cm³/mol. The Bertz CT molecular complexity index is 677. The molecule has 0 aliphatic carbocycles. The van der Waals surface area contributed by atoms with E-state index in [0.717, 1.165) is 21.9 Å². The molecule has 0 fully saturated rings. The first kappa shape index (κ1) is 17.9. The van der Waals surface area contributed by atoms with Crippen LogP contribution in [0, 0.1) is 0 Å². The van der Waals surface area contributed by atoms with Crippen LogP contribution >= 0.6 is 11.8 Å². The summed E-state index contributed by atoms with van der Waals surface area (Å²) in [6.45, 7) is 2.53. The molecule has 2 aromatic carbocycles. The van der Waals surface area contributed by atoms with E-state index < -0.39 is 6.03 Å². The van der Waals surface area contributed by atoms with E-state index in [0.29, 0.717) is 6.54 Å². The van der Waals surface area contributed by atoms with Crippen molar-refractivity contribution in [3.8, 4) is 0 Å². The van der Waals surface area contributed by atoms with Gasteiger partial charge in [0.05, 0.1) is 6.54 Å². The lowest BCUT2D eigenvalue weighted by molar-refractivity contribution is -0.118. The van der Waals surface area contributed by atoms with Gasteiger partial charge in [-0.15, -0.1) is 0 Å². The maximum atomic E-state index is 11.8. The Labute approximate surface area is 146 Å². The fourth-order valence-corrected chi connectivity index (χ4v) is 2.89. The number of urea groups is 1. The van der Waals surface area contributed by atoms with Crippen molar-refractivity contribution in [1.29, 1.82) is 0 Å². The average molecular weight is 343 g/mol. The topological polar surface area (TPSA) is 70.2 Å².